The van der Waals surface area contributed by atoms with Gasteiger partial charge in [0.05, 0.1) is 7.11 Å². The maximum atomic E-state index is 5.43. The van der Waals surface area contributed by atoms with Crippen molar-refractivity contribution in [3.63, 3.8) is 0 Å². The first-order valence-corrected chi connectivity index (χ1v) is 8.65. The minimum Gasteiger partial charge on any atom is -0.497 e. The zero-order valence-electron chi connectivity index (χ0n) is 14.3. The predicted octanol–water partition coefficient (Wildman–Crippen LogP) is 4.29. The van der Waals surface area contributed by atoms with Gasteiger partial charge in [-0.15, -0.1) is 0 Å². The average molecular weight is 309 g/mol. The Kier molecular flexibility index (Phi) is 5.35. The normalized spacial score (nSPS) is 17.1. The predicted molar refractivity (Wildman–Crippen MR) is 96.3 cm³/mol. The lowest BCUT2D eigenvalue weighted by molar-refractivity contribution is 0.300. The molecule has 0 N–H and O–H groups in total. The van der Waals surface area contributed by atoms with E-state index in [0.717, 1.165) is 25.3 Å². The van der Waals surface area contributed by atoms with Crippen molar-refractivity contribution in [1.82, 2.24) is 4.90 Å². The zero-order chi connectivity index (χ0) is 16.1. The molecule has 1 atom stereocenters. The molecular formula is C21H27NO. The van der Waals surface area contributed by atoms with E-state index in [1.165, 1.54) is 36.0 Å². The summed E-state index contributed by atoms with van der Waals surface area (Å²) in [6.07, 6.45) is 4.92. The number of ether oxygens (including phenoxy) is 1. The molecule has 0 spiro atoms. The van der Waals surface area contributed by atoms with Gasteiger partial charge in [0, 0.05) is 13.1 Å². The molecule has 0 aliphatic heterocycles. The van der Waals surface area contributed by atoms with Gasteiger partial charge in [0.1, 0.15) is 5.75 Å². The third kappa shape index (κ3) is 4.14. The monoisotopic (exact) mass is 309 g/mol. The first kappa shape index (κ1) is 16.1. The van der Waals surface area contributed by atoms with Crippen LogP contribution in [0.15, 0.2) is 48.5 Å². The largest absolute Gasteiger partial charge is 0.497 e. The molecule has 0 aromatic heterocycles. The highest BCUT2D eigenvalue weighted by Gasteiger charge is 2.22. The number of hydrogen-bond donors (Lipinski definition) is 0. The highest BCUT2D eigenvalue weighted by molar-refractivity contribution is 5.39. The molecule has 1 aliphatic rings. The smallest absolute Gasteiger partial charge is 0.119 e. The first-order chi connectivity index (χ1) is 11.3. The third-order valence-electron chi connectivity index (χ3n) is 4.95. The van der Waals surface area contributed by atoms with Crippen molar-refractivity contribution < 1.29 is 4.74 Å². The van der Waals surface area contributed by atoms with Crippen molar-refractivity contribution in [1.29, 1.82) is 0 Å². The number of benzene rings is 2. The number of fused-ring (bicyclic) bond motifs is 1. The molecule has 0 bridgehead atoms. The fourth-order valence-electron chi connectivity index (χ4n) is 3.62. The molecule has 0 saturated heterocycles. The highest BCUT2D eigenvalue weighted by Crippen LogP contribution is 2.34. The van der Waals surface area contributed by atoms with Crippen LogP contribution in [0.5, 0.6) is 5.75 Å². The Balaban J connectivity index is 1.62. The number of nitrogens with zero attached hydrogens (tertiary/aromatic N) is 1. The lowest BCUT2D eigenvalue weighted by Crippen LogP contribution is -2.28. The average Bonchev–Trinajstić information content (AvgIpc) is 2.61. The Bertz CT molecular complexity index is 623. The molecule has 2 aromatic carbocycles. The summed E-state index contributed by atoms with van der Waals surface area (Å²) in [5.74, 6) is 1.62. The number of methoxy groups -OCH3 is 1. The van der Waals surface area contributed by atoms with Crippen LogP contribution in [-0.4, -0.2) is 32.1 Å². The fraction of sp³-hybridized carbons (Fsp3) is 0.429. The summed E-state index contributed by atoms with van der Waals surface area (Å²) >= 11 is 0. The molecule has 2 heteroatoms. The van der Waals surface area contributed by atoms with Crippen LogP contribution < -0.4 is 4.74 Å². The number of hydrogen-bond acceptors (Lipinski definition) is 2. The molecule has 2 aromatic rings. The van der Waals surface area contributed by atoms with Gasteiger partial charge in [-0.25, -0.2) is 0 Å². The lowest BCUT2D eigenvalue weighted by Gasteiger charge is -2.30. The summed E-state index contributed by atoms with van der Waals surface area (Å²) in [4.78, 5) is 2.48. The van der Waals surface area contributed by atoms with Crippen molar-refractivity contribution in [3.8, 4) is 5.75 Å². The van der Waals surface area contributed by atoms with Crippen molar-refractivity contribution in [3.05, 3.63) is 65.2 Å². The van der Waals surface area contributed by atoms with Crippen molar-refractivity contribution in [2.75, 3.05) is 27.2 Å². The van der Waals surface area contributed by atoms with E-state index in [9.17, 15) is 0 Å². The molecule has 0 fully saturated rings. The van der Waals surface area contributed by atoms with E-state index in [1.807, 2.05) is 0 Å². The van der Waals surface area contributed by atoms with Gasteiger partial charge in [0.15, 0.2) is 0 Å². The molecule has 0 radical (unpaired) electrons. The molecule has 0 heterocycles. The maximum Gasteiger partial charge on any atom is 0.119 e. The quantitative estimate of drug-likeness (QED) is 0.789. The molecule has 0 saturated carbocycles. The van der Waals surface area contributed by atoms with Crippen molar-refractivity contribution >= 4 is 0 Å². The second-order valence-corrected chi connectivity index (χ2v) is 6.65. The Morgan fingerprint density at radius 2 is 1.96 bits per heavy atom. The SMILES string of the molecule is COc1ccc2c(c1)C(CN(C)CCc1ccccc1)CCC2. The van der Waals surface area contributed by atoms with Crippen molar-refractivity contribution in [2.24, 2.45) is 0 Å². The van der Waals surface area contributed by atoms with Gasteiger partial charge < -0.3 is 9.64 Å². The minimum atomic E-state index is 0.634. The standard InChI is InChI=1S/C21H27NO/c1-22(14-13-17-7-4-3-5-8-17)16-19-10-6-9-18-11-12-20(23-2)15-21(18)19/h3-5,7-8,11-12,15,19H,6,9-10,13-14,16H2,1-2H3. The van der Waals surface area contributed by atoms with Crippen LogP contribution in [0, 0.1) is 0 Å². The zero-order valence-corrected chi connectivity index (χ0v) is 14.3. The van der Waals surface area contributed by atoms with E-state index in [-0.39, 0.29) is 0 Å². The molecule has 2 nitrogen and oxygen atoms in total. The van der Waals surface area contributed by atoms with Crippen LogP contribution in [0.25, 0.3) is 0 Å². The molecular weight excluding hydrogens is 282 g/mol. The summed E-state index contributed by atoms with van der Waals surface area (Å²) < 4.78 is 5.43. The van der Waals surface area contributed by atoms with Gasteiger partial charge in [-0.3, -0.25) is 0 Å². The number of aryl methyl sites for hydroxylation is 1. The molecule has 1 aliphatic carbocycles. The lowest BCUT2D eigenvalue weighted by atomic mass is 9.82. The summed E-state index contributed by atoms with van der Waals surface area (Å²) in [5, 5.41) is 0. The number of rotatable bonds is 6. The Labute approximate surface area is 140 Å². The van der Waals surface area contributed by atoms with Crippen LogP contribution >= 0.6 is 0 Å². The minimum absolute atomic E-state index is 0.634. The Morgan fingerprint density at radius 1 is 1.13 bits per heavy atom. The van der Waals surface area contributed by atoms with Crippen LogP contribution in [0.4, 0.5) is 0 Å². The van der Waals surface area contributed by atoms with Gasteiger partial charge in [0.2, 0.25) is 0 Å². The topological polar surface area (TPSA) is 12.5 Å². The molecule has 23 heavy (non-hydrogen) atoms. The van der Waals surface area contributed by atoms with E-state index in [4.69, 9.17) is 4.74 Å². The second-order valence-electron chi connectivity index (χ2n) is 6.65. The van der Waals surface area contributed by atoms with Gasteiger partial charge >= 0.3 is 0 Å². The first-order valence-electron chi connectivity index (χ1n) is 8.65. The van der Waals surface area contributed by atoms with Crippen LogP contribution in [0.3, 0.4) is 0 Å². The van der Waals surface area contributed by atoms with Gasteiger partial charge in [0.25, 0.3) is 0 Å². The second kappa shape index (κ2) is 7.65. The Hall–Kier alpha value is -1.80. The highest BCUT2D eigenvalue weighted by atomic mass is 16.5. The van der Waals surface area contributed by atoms with Crippen molar-refractivity contribution in [2.45, 2.75) is 31.6 Å². The van der Waals surface area contributed by atoms with E-state index in [2.05, 4.69) is 60.5 Å². The van der Waals surface area contributed by atoms with Crippen LogP contribution in [0.1, 0.15) is 35.4 Å². The van der Waals surface area contributed by atoms with Crippen LogP contribution in [-0.2, 0) is 12.8 Å². The molecule has 1 unspecified atom stereocenters. The van der Waals surface area contributed by atoms with E-state index in [0.29, 0.717) is 5.92 Å². The summed E-state index contributed by atoms with van der Waals surface area (Å²) in [6.45, 7) is 2.24. The third-order valence-corrected chi connectivity index (χ3v) is 4.95. The molecule has 0 amide bonds. The summed E-state index contributed by atoms with van der Waals surface area (Å²) in [7, 11) is 4.00. The molecule has 3 rings (SSSR count). The van der Waals surface area contributed by atoms with Gasteiger partial charge in [-0.05, 0) is 67.5 Å². The van der Waals surface area contributed by atoms with Gasteiger partial charge in [-0.2, -0.15) is 0 Å². The van der Waals surface area contributed by atoms with E-state index in [1.54, 1.807) is 7.11 Å². The van der Waals surface area contributed by atoms with Crippen LogP contribution in [0.2, 0.25) is 0 Å². The fourth-order valence-corrected chi connectivity index (χ4v) is 3.62. The summed E-state index contributed by atoms with van der Waals surface area (Å²) in [6, 6.07) is 17.4. The summed E-state index contributed by atoms with van der Waals surface area (Å²) in [5.41, 5.74) is 4.44. The Morgan fingerprint density at radius 3 is 2.74 bits per heavy atom. The van der Waals surface area contributed by atoms with E-state index >= 15 is 0 Å². The van der Waals surface area contributed by atoms with Gasteiger partial charge in [-0.1, -0.05) is 36.4 Å². The van der Waals surface area contributed by atoms with E-state index < -0.39 is 0 Å². The maximum absolute atomic E-state index is 5.43. The number of likely N-dealkylation sites (N-methyl/N-ethyl adjacent to an activating group) is 1. The molecule has 122 valence electrons.